The maximum atomic E-state index is 5.95. The Bertz CT molecular complexity index is 492. The molecule has 1 aliphatic rings. The van der Waals surface area contributed by atoms with Crippen LogP contribution in [0.4, 0.5) is 0 Å². The van der Waals surface area contributed by atoms with Crippen molar-refractivity contribution in [2.75, 3.05) is 13.1 Å². The molecule has 3 rings (SSSR count). The number of ether oxygens (including phenoxy) is 1. The fraction of sp³-hybridized carbons (Fsp3) is 0.357. The van der Waals surface area contributed by atoms with Gasteiger partial charge in [0.2, 0.25) is 5.88 Å². The van der Waals surface area contributed by atoms with Crippen molar-refractivity contribution in [2.24, 2.45) is 0 Å². The van der Waals surface area contributed by atoms with E-state index < -0.39 is 0 Å². The normalized spacial score (nSPS) is 16.7. The highest BCUT2D eigenvalue weighted by molar-refractivity contribution is 7.08. The summed E-state index contributed by atoms with van der Waals surface area (Å²) in [5.41, 5.74) is 2.15. The topological polar surface area (TPSA) is 34.1 Å². The molecule has 0 radical (unpaired) electrons. The van der Waals surface area contributed by atoms with Crippen LogP contribution in [0.3, 0.4) is 0 Å². The average molecular weight is 260 g/mol. The van der Waals surface area contributed by atoms with Crippen molar-refractivity contribution in [2.45, 2.75) is 18.9 Å². The third-order valence-corrected chi connectivity index (χ3v) is 3.80. The number of aromatic nitrogens is 1. The van der Waals surface area contributed by atoms with E-state index >= 15 is 0 Å². The van der Waals surface area contributed by atoms with Crippen LogP contribution in [0, 0.1) is 0 Å². The molecule has 2 aromatic rings. The quantitative estimate of drug-likeness (QED) is 0.921. The van der Waals surface area contributed by atoms with Gasteiger partial charge in [-0.15, -0.1) is 0 Å². The predicted molar refractivity (Wildman–Crippen MR) is 74.1 cm³/mol. The second-order valence-corrected chi connectivity index (χ2v) is 5.22. The zero-order chi connectivity index (χ0) is 12.2. The van der Waals surface area contributed by atoms with Crippen molar-refractivity contribution in [3.05, 3.63) is 35.0 Å². The summed E-state index contributed by atoms with van der Waals surface area (Å²) in [5, 5.41) is 7.51. The number of pyridine rings is 1. The fourth-order valence-electron chi connectivity index (χ4n) is 2.14. The van der Waals surface area contributed by atoms with Gasteiger partial charge in [-0.1, -0.05) is 6.07 Å². The first kappa shape index (κ1) is 11.7. The second kappa shape index (κ2) is 5.50. The van der Waals surface area contributed by atoms with E-state index in [9.17, 15) is 0 Å². The van der Waals surface area contributed by atoms with Gasteiger partial charge < -0.3 is 10.1 Å². The molecule has 0 amide bonds. The van der Waals surface area contributed by atoms with Crippen LogP contribution >= 0.6 is 11.3 Å². The van der Waals surface area contributed by atoms with E-state index in [1.807, 2.05) is 18.2 Å². The summed E-state index contributed by atoms with van der Waals surface area (Å²) < 4.78 is 5.95. The summed E-state index contributed by atoms with van der Waals surface area (Å²) >= 11 is 1.69. The number of rotatable bonds is 3. The Morgan fingerprint density at radius 3 is 2.89 bits per heavy atom. The molecule has 3 nitrogen and oxygen atoms in total. The van der Waals surface area contributed by atoms with Crippen molar-refractivity contribution < 1.29 is 4.74 Å². The van der Waals surface area contributed by atoms with E-state index in [0.717, 1.165) is 43.1 Å². The summed E-state index contributed by atoms with van der Waals surface area (Å²) in [7, 11) is 0. The first-order valence-electron chi connectivity index (χ1n) is 6.29. The maximum absolute atomic E-state index is 5.95. The van der Waals surface area contributed by atoms with E-state index in [1.54, 1.807) is 11.3 Å². The molecule has 1 fully saturated rings. The molecule has 0 spiro atoms. The number of thiophene rings is 1. The van der Waals surface area contributed by atoms with Crippen LogP contribution in [-0.2, 0) is 0 Å². The molecule has 0 bridgehead atoms. The van der Waals surface area contributed by atoms with E-state index in [-0.39, 0.29) is 0 Å². The Balaban J connectivity index is 1.74. The summed E-state index contributed by atoms with van der Waals surface area (Å²) in [6.45, 7) is 2.07. The summed E-state index contributed by atoms with van der Waals surface area (Å²) in [6, 6.07) is 8.06. The number of piperidine rings is 1. The molecule has 0 aromatic carbocycles. The van der Waals surface area contributed by atoms with E-state index in [0.29, 0.717) is 6.10 Å². The molecule has 3 heterocycles. The molecular weight excluding hydrogens is 244 g/mol. The molecule has 1 N–H and O–H groups in total. The zero-order valence-electron chi connectivity index (χ0n) is 10.1. The van der Waals surface area contributed by atoms with Gasteiger partial charge in [0, 0.05) is 17.0 Å². The molecule has 2 aromatic heterocycles. The van der Waals surface area contributed by atoms with Gasteiger partial charge in [-0.05, 0) is 43.4 Å². The van der Waals surface area contributed by atoms with Crippen LogP contribution in [0.2, 0.25) is 0 Å². The van der Waals surface area contributed by atoms with E-state index in [4.69, 9.17) is 4.74 Å². The third-order valence-electron chi connectivity index (χ3n) is 3.11. The Labute approximate surface area is 111 Å². The molecule has 0 aliphatic carbocycles. The van der Waals surface area contributed by atoms with Gasteiger partial charge in [0.25, 0.3) is 0 Å². The highest BCUT2D eigenvalue weighted by atomic mass is 32.1. The minimum atomic E-state index is 0.302. The maximum Gasteiger partial charge on any atom is 0.214 e. The lowest BCUT2D eigenvalue weighted by atomic mass is 10.1. The number of nitrogens with one attached hydrogen (secondary N) is 1. The van der Waals surface area contributed by atoms with Crippen LogP contribution in [0.5, 0.6) is 5.88 Å². The summed E-state index contributed by atoms with van der Waals surface area (Å²) in [4.78, 5) is 4.57. The van der Waals surface area contributed by atoms with Gasteiger partial charge in [-0.25, -0.2) is 4.98 Å². The lowest BCUT2D eigenvalue weighted by Crippen LogP contribution is -2.34. The largest absolute Gasteiger partial charge is 0.474 e. The van der Waals surface area contributed by atoms with Gasteiger partial charge in [-0.2, -0.15) is 11.3 Å². The lowest BCUT2D eigenvalue weighted by molar-refractivity contribution is 0.156. The minimum Gasteiger partial charge on any atom is -0.474 e. The minimum absolute atomic E-state index is 0.302. The Morgan fingerprint density at radius 2 is 2.11 bits per heavy atom. The van der Waals surface area contributed by atoms with Crippen molar-refractivity contribution in [3.8, 4) is 17.1 Å². The van der Waals surface area contributed by atoms with Crippen molar-refractivity contribution in [1.82, 2.24) is 10.3 Å². The van der Waals surface area contributed by atoms with Crippen LogP contribution in [-0.4, -0.2) is 24.2 Å². The standard InChI is InChI=1S/C14H16N2OS/c1-2-13(11-6-9-18-10-11)16-14(3-1)17-12-4-7-15-8-5-12/h1-3,6,9-10,12,15H,4-5,7-8H2. The molecule has 94 valence electrons. The number of hydrogen-bond donors (Lipinski definition) is 1. The van der Waals surface area contributed by atoms with Gasteiger partial charge >= 0.3 is 0 Å². The van der Waals surface area contributed by atoms with E-state index in [2.05, 4.69) is 27.1 Å². The van der Waals surface area contributed by atoms with Crippen molar-refractivity contribution in [1.29, 1.82) is 0 Å². The van der Waals surface area contributed by atoms with Crippen molar-refractivity contribution in [3.63, 3.8) is 0 Å². The van der Waals surface area contributed by atoms with Gasteiger partial charge in [0.15, 0.2) is 0 Å². The fourth-order valence-corrected chi connectivity index (χ4v) is 2.79. The van der Waals surface area contributed by atoms with Crippen LogP contribution in [0.1, 0.15) is 12.8 Å². The first-order chi connectivity index (χ1) is 8.92. The zero-order valence-corrected chi connectivity index (χ0v) is 11.0. The molecule has 1 aliphatic heterocycles. The first-order valence-corrected chi connectivity index (χ1v) is 7.23. The molecule has 18 heavy (non-hydrogen) atoms. The molecule has 1 saturated heterocycles. The highest BCUT2D eigenvalue weighted by Gasteiger charge is 2.15. The SMILES string of the molecule is c1cc(OC2CCNCC2)nc(-c2ccsc2)c1. The van der Waals surface area contributed by atoms with Gasteiger partial charge in [0.1, 0.15) is 6.10 Å². The van der Waals surface area contributed by atoms with Crippen LogP contribution in [0.15, 0.2) is 35.0 Å². The second-order valence-electron chi connectivity index (χ2n) is 4.44. The van der Waals surface area contributed by atoms with Gasteiger partial charge in [-0.3, -0.25) is 0 Å². The Hall–Kier alpha value is -1.39. The molecule has 0 atom stereocenters. The van der Waals surface area contributed by atoms with E-state index in [1.165, 1.54) is 0 Å². The molecule has 4 heteroatoms. The Kier molecular flexibility index (Phi) is 3.57. The summed E-state index contributed by atoms with van der Waals surface area (Å²) in [5.74, 6) is 0.741. The predicted octanol–water partition coefficient (Wildman–Crippen LogP) is 2.94. The molecule has 0 saturated carbocycles. The molecule has 0 unspecified atom stereocenters. The third kappa shape index (κ3) is 2.71. The van der Waals surface area contributed by atoms with Crippen LogP contribution in [0.25, 0.3) is 11.3 Å². The number of nitrogens with zero attached hydrogens (tertiary/aromatic N) is 1. The monoisotopic (exact) mass is 260 g/mol. The smallest absolute Gasteiger partial charge is 0.214 e. The highest BCUT2D eigenvalue weighted by Crippen LogP contribution is 2.23. The van der Waals surface area contributed by atoms with Crippen molar-refractivity contribution >= 4 is 11.3 Å². The van der Waals surface area contributed by atoms with Crippen LogP contribution < -0.4 is 10.1 Å². The van der Waals surface area contributed by atoms with Gasteiger partial charge in [0.05, 0.1) is 5.69 Å². The Morgan fingerprint density at radius 1 is 1.22 bits per heavy atom. The average Bonchev–Trinajstić information content (AvgIpc) is 2.94. The summed E-state index contributed by atoms with van der Waals surface area (Å²) in [6.07, 6.45) is 2.42. The molecular formula is C14H16N2OS. The number of hydrogen-bond acceptors (Lipinski definition) is 4. The lowest BCUT2D eigenvalue weighted by Gasteiger charge is -2.23.